The largest absolute Gasteiger partial charge is 0.756 e. The summed E-state index contributed by atoms with van der Waals surface area (Å²) in [7, 11) is -11.5. The summed E-state index contributed by atoms with van der Waals surface area (Å²) in [6.07, 6.45) is -14.4. The van der Waals surface area contributed by atoms with Crippen molar-refractivity contribution < 1.29 is 67.3 Å². The number of aromatic amines is 1. The molecule has 1 aromatic heterocycles. The molecule has 2 aliphatic heterocycles. The van der Waals surface area contributed by atoms with E-state index in [0.717, 1.165) is 12.3 Å². The van der Waals surface area contributed by atoms with Gasteiger partial charge >= 0.3 is 5.69 Å². The van der Waals surface area contributed by atoms with E-state index in [9.17, 15) is 54.0 Å². The third-order valence-electron chi connectivity index (χ3n) is 5.02. The number of rotatable bonds is 9. The predicted molar refractivity (Wildman–Crippen MR) is 103 cm³/mol. The quantitative estimate of drug-likeness (QED) is 0.157. The van der Waals surface area contributed by atoms with Gasteiger partial charge in [-0.2, -0.15) is 0 Å². The number of hydrogen-bond acceptors (Lipinski definition) is 16. The molecule has 6 N–H and O–H groups in total. The van der Waals surface area contributed by atoms with Crippen molar-refractivity contribution in [1.82, 2.24) is 9.55 Å². The summed E-state index contributed by atoms with van der Waals surface area (Å²) >= 11 is 0. The molecule has 3 heterocycles. The summed E-state index contributed by atoms with van der Waals surface area (Å²) in [5, 5.41) is 49.1. The molecule has 0 saturated carbocycles. The lowest BCUT2D eigenvalue weighted by Crippen LogP contribution is -2.37. The highest BCUT2D eigenvalue weighted by Crippen LogP contribution is 2.57. The van der Waals surface area contributed by atoms with Crippen molar-refractivity contribution in [3.63, 3.8) is 0 Å². The van der Waals surface area contributed by atoms with Gasteiger partial charge in [-0.3, -0.25) is 28.0 Å². The zero-order chi connectivity index (χ0) is 26.3. The van der Waals surface area contributed by atoms with E-state index in [4.69, 9.17) is 9.47 Å². The van der Waals surface area contributed by atoms with Crippen LogP contribution in [-0.2, 0) is 32.0 Å². The van der Waals surface area contributed by atoms with E-state index in [-0.39, 0.29) is 0 Å². The van der Waals surface area contributed by atoms with Crippen LogP contribution in [0.25, 0.3) is 0 Å². The van der Waals surface area contributed by atoms with Crippen LogP contribution in [0.5, 0.6) is 0 Å². The molecule has 18 nitrogen and oxygen atoms in total. The Morgan fingerprint density at radius 2 is 1.74 bits per heavy atom. The zero-order valence-electron chi connectivity index (χ0n) is 17.6. The zero-order valence-corrected chi connectivity index (χ0v) is 19.4. The van der Waals surface area contributed by atoms with Crippen LogP contribution in [0.1, 0.15) is 13.2 Å². The summed E-state index contributed by atoms with van der Waals surface area (Å²) in [6.45, 7) is 0.0868. The fourth-order valence-electron chi connectivity index (χ4n) is 3.34. The number of hydrogen-bond donors (Lipinski definition) is 6. The topological polar surface area (TPSA) is 282 Å². The second-order valence-electron chi connectivity index (χ2n) is 7.63. The van der Waals surface area contributed by atoms with E-state index in [0.29, 0.717) is 4.57 Å². The number of phosphoric acid groups is 2. The molecule has 0 aliphatic carbocycles. The first-order valence-corrected chi connectivity index (χ1v) is 12.7. The number of aliphatic hydroxyl groups is 5. The van der Waals surface area contributed by atoms with Gasteiger partial charge in [0.1, 0.15) is 36.6 Å². The fourth-order valence-corrected chi connectivity index (χ4v) is 5.42. The van der Waals surface area contributed by atoms with Crippen molar-refractivity contribution in [2.24, 2.45) is 0 Å². The van der Waals surface area contributed by atoms with Crippen LogP contribution in [0.4, 0.5) is 0 Å². The van der Waals surface area contributed by atoms with Gasteiger partial charge in [-0.1, -0.05) is 0 Å². The normalized spacial score (nSPS) is 37.6. The summed E-state index contributed by atoms with van der Waals surface area (Å²) < 4.78 is 47.2. The maximum absolute atomic E-state index is 12.0. The lowest BCUT2D eigenvalue weighted by molar-refractivity contribution is -0.259. The highest BCUT2D eigenvalue weighted by molar-refractivity contribution is 7.59. The first-order valence-electron chi connectivity index (χ1n) is 9.81. The number of aromatic nitrogens is 2. The molecule has 1 aromatic rings. The Morgan fingerprint density at radius 3 is 2.31 bits per heavy atom. The van der Waals surface area contributed by atoms with E-state index in [2.05, 4.69) is 13.4 Å². The van der Waals surface area contributed by atoms with Gasteiger partial charge in [0.05, 0.1) is 12.7 Å². The molecule has 2 unspecified atom stereocenters. The van der Waals surface area contributed by atoms with Crippen LogP contribution in [0.3, 0.4) is 0 Å². The molecule has 200 valence electrons. The minimum absolute atomic E-state index is 0.712. The van der Waals surface area contributed by atoms with Gasteiger partial charge in [0.2, 0.25) is 0 Å². The number of nitrogens with zero attached hydrogens (tertiary/aromatic N) is 1. The molecule has 2 saturated heterocycles. The molecule has 0 aromatic carbocycles. The molecule has 0 radical (unpaired) electrons. The SMILES string of the molecule is C[C@@H](O)[C@@H]1O[C@H](OP(=O)([O-])OP(=O)([O-])OC[C@H]2O[C@@H](n3ccc(=O)[nH]c3=O)[C@H](O)[C@@H]2O)[C@H](O)[C@H]1O. The molecule has 35 heavy (non-hydrogen) atoms. The van der Waals surface area contributed by atoms with Crippen LogP contribution >= 0.6 is 15.6 Å². The Bertz CT molecular complexity index is 1110. The predicted octanol–water partition coefficient (Wildman–Crippen LogP) is -5.03. The molecule has 2 fully saturated rings. The van der Waals surface area contributed by atoms with Crippen LogP contribution in [0, 0.1) is 0 Å². The molecule has 2 aliphatic rings. The number of H-pyrrole nitrogens is 1. The number of phosphoric ester groups is 2. The monoisotopic (exact) mass is 548 g/mol. The second kappa shape index (κ2) is 10.6. The van der Waals surface area contributed by atoms with Crippen LogP contribution in [0.15, 0.2) is 21.9 Å². The molecular weight excluding hydrogens is 526 g/mol. The summed E-state index contributed by atoms with van der Waals surface area (Å²) in [6, 6.07) is 0.923. The Morgan fingerprint density at radius 1 is 1.09 bits per heavy atom. The smallest absolute Gasteiger partial charge is 0.330 e. The minimum atomic E-state index is -5.80. The fraction of sp³-hybridized carbons (Fsp3) is 0.733. The highest BCUT2D eigenvalue weighted by atomic mass is 31.3. The molecule has 0 amide bonds. The van der Waals surface area contributed by atoms with Crippen LogP contribution in [0.2, 0.25) is 0 Å². The first-order chi connectivity index (χ1) is 16.1. The maximum atomic E-state index is 12.0. The lowest BCUT2D eigenvalue weighted by atomic mass is 10.1. The third kappa shape index (κ3) is 6.51. The van der Waals surface area contributed by atoms with E-state index in [1.54, 1.807) is 0 Å². The van der Waals surface area contributed by atoms with E-state index in [1.165, 1.54) is 6.92 Å². The van der Waals surface area contributed by atoms with Crippen molar-refractivity contribution in [1.29, 1.82) is 0 Å². The Kier molecular flexibility index (Phi) is 8.52. The number of aliphatic hydroxyl groups excluding tert-OH is 5. The lowest BCUT2D eigenvalue weighted by Gasteiger charge is -2.33. The van der Waals surface area contributed by atoms with Gasteiger partial charge in [0, 0.05) is 12.3 Å². The van der Waals surface area contributed by atoms with Gasteiger partial charge in [-0.25, -0.2) is 9.11 Å². The Balaban J connectivity index is 1.60. The molecule has 20 heteroatoms. The van der Waals surface area contributed by atoms with E-state index < -0.39 is 88.7 Å². The first kappa shape index (κ1) is 28.2. The van der Waals surface area contributed by atoms with Crippen LogP contribution in [-0.4, -0.2) is 90.7 Å². The average molecular weight is 548 g/mol. The summed E-state index contributed by atoms with van der Waals surface area (Å²) in [4.78, 5) is 48.8. The van der Waals surface area contributed by atoms with E-state index in [1.807, 2.05) is 4.98 Å². The minimum Gasteiger partial charge on any atom is -0.756 e. The number of nitrogens with one attached hydrogen (secondary N) is 1. The van der Waals surface area contributed by atoms with Crippen molar-refractivity contribution >= 4 is 15.6 Å². The molecular formula is C15H22N2O16P2-2. The van der Waals surface area contributed by atoms with Gasteiger partial charge in [-0.05, 0) is 6.92 Å². The number of ether oxygens (including phenoxy) is 2. The van der Waals surface area contributed by atoms with E-state index >= 15 is 0 Å². The van der Waals surface area contributed by atoms with Gasteiger partial charge in [0.15, 0.2) is 12.5 Å². The molecule has 3 rings (SSSR count). The van der Waals surface area contributed by atoms with Crippen molar-refractivity contribution in [2.45, 2.75) is 62.2 Å². The summed E-state index contributed by atoms with van der Waals surface area (Å²) in [5.74, 6) is 0. The third-order valence-corrected chi connectivity index (χ3v) is 7.56. The van der Waals surface area contributed by atoms with Gasteiger partial charge in [0.25, 0.3) is 21.2 Å². The Hall–Kier alpha value is -1.34. The van der Waals surface area contributed by atoms with Gasteiger partial charge < -0.3 is 49.3 Å². The average Bonchev–Trinajstić information content (AvgIpc) is 3.16. The molecule has 11 atom stereocenters. The highest BCUT2D eigenvalue weighted by Gasteiger charge is 2.48. The van der Waals surface area contributed by atoms with Gasteiger partial charge in [-0.15, -0.1) is 0 Å². The standard InChI is InChI=1S/C15H24N2O16P2/c1-5(18)12-9(21)11(23)14(31-12)32-35(27,28)33-34(25,26)29-4-6-8(20)10(22)13(30-6)17-3-2-7(19)16-15(17)24/h2-3,5-6,8-14,18,20-23H,4H2,1H3,(H,25,26)(H,27,28)(H,16,19,24)/p-2/t5-,6-,8-,9-,10-,11-,12+,13-,14-/m1/s1. The maximum Gasteiger partial charge on any atom is 0.330 e. The second-order valence-corrected chi connectivity index (χ2v) is 10.5. The van der Waals surface area contributed by atoms with Crippen molar-refractivity contribution in [3.8, 4) is 0 Å². The molecule has 0 spiro atoms. The summed E-state index contributed by atoms with van der Waals surface area (Å²) in [5.41, 5.74) is -1.75. The van der Waals surface area contributed by atoms with Crippen molar-refractivity contribution in [2.75, 3.05) is 6.61 Å². The van der Waals surface area contributed by atoms with Crippen LogP contribution < -0.4 is 21.0 Å². The van der Waals surface area contributed by atoms with Crippen molar-refractivity contribution in [3.05, 3.63) is 33.1 Å². The molecule has 0 bridgehead atoms. The Labute approximate surface area is 195 Å².